The van der Waals surface area contributed by atoms with Crippen LogP contribution in [0.5, 0.6) is 11.5 Å². The number of cyclic esters (lactones) is 2. The van der Waals surface area contributed by atoms with Crippen molar-refractivity contribution in [3.05, 3.63) is 94.5 Å². The maximum atomic E-state index is 13.8. The first-order valence-corrected chi connectivity index (χ1v) is 12.7. The van der Waals surface area contributed by atoms with E-state index in [-0.39, 0.29) is 17.5 Å². The zero-order valence-corrected chi connectivity index (χ0v) is 22.2. The largest absolute Gasteiger partial charge is 0.497 e. The number of nitrogens with zero attached hydrogens (tertiary/aromatic N) is 1. The predicted octanol–water partition coefficient (Wildman–Crippen LogP) is 2.61. The van der Waals surface area contributed by atoms with Crippen LogP contribution in [-0.2, 0) is 26.4 Å². The molecule has 3 aromatic carbocycles. The van der Waals surface area contributed by atoms with Gasteiger partial charge in [-0.25, -0.2) is 14.7 Å². The molecule has 40 heavy (non-hydrogen) atoms. The summed E-state index contributed by atoms with van der Waals surface area (Å²) in [7, 11) is 4.28. The molecule has 10 heteroatoms. The third kappa shape index (κ3) is 4.40. The van der Waals surface area contributed by atoms with Crippen molar-refractivity contribution in [2.45, 2.75) is 24.0 Å². The number of hydroxylamine groups is 2. The van der Waals surface area contributed by atoms with Crippen LogP contribution in [0.4, 0.5) is 0 Å². The van der Waals surface area contributed by atoms with Crippen molar-refractivity contribution in [1.29, 1.82) is 0 Å². The van der Waals surface area contributed by atoms with E-state index in [2.05, 4.69) is 0 Å². The first kappa shape index (κ1) is 27.3. The molecule has 2 aliphatic rings. The minimum atomic E-state index is -1.50. The number of esters is 2. The van der Waals surface area contributed by atoms with Gasteiger partial charge in [-0.15, -0.1) is 0 Å². The summed E-state index contributed by atoms with van der Waals surface area (Å²) in [6.45, 7) is -0.709. The molecule has 0 saturated heterocycles. The van der Waals surface area contributed by atoms with Crippen molar-refractivity contribution < 1.29 is 43.6 Å². The Labute approximate surface area is 230 Å². The summed E-state index contributed by atoms with van der Waals surface area (Å²) in [5.41, 5.74) is 0.572. The molecule has 0 unspecified atom stereocenters. The monoisotopic (exact) mass is 547 g/mol. The second-order valence-corrected chi connectivity index (χ2v) is 9.72. The molecule has 2 aliphatic heterocycles. The average Bonchev–Trinajstić information content (AvgIpc) is 3.52. The molecule has 0 radical (unpaired) electrons. The molecule has 2 N–H and O–H groups in total. The van der Waals surface area contributed by atoms with E-state index < -0.39 is 48.0 Å². The number of benzene rings is 3. The number of aliphatic hydroxyl groups is 2. The molecule has 5 rings (SSSR count). The smallest absolute Gasteiger partial charge is 0.347 e. The van der Waals surface area contributed by atoms with Crippen molar-refractivity contribution in [2.24, 2.45) is 5.92 Å². The van der Waals surface area contributed by atoms with Gasteiger partial charge in [0.2, 0.25) is 0 Å². The quantitative estimate of drug-likeness (QED) is 0.236. The predicted molar refractivity (Wildman–Crippen MR) is 141 cm³/mol. The van der Waals surface area contributed by atoms with Gasteiger partial charge in [-0.05, 0) is 35.4 Å². The highest BCUT2D eigenvalue weighted by atomic mass is 16.7. The lowest BCUT2D eigenvalue weighted by Crippen LogP contribution is -2.51. The van der Waals surface area contributed by atoms with Crippen LogP contribution >= 0.6 is 0 Å². The fraction of sp³-hybridized carbons (Fsp3) is 0.300. The summed E-state index contributed by atoms with van der Waals surface area (Å²) in [5.74, 6) is -3.35. The third-order valence-corrected chi connectivity index (χ3v) is 7.68. The Hall–Kier alpha value is -4.25. The van der Waals surface area contributed by atoms with Crippen LogP contribution in [0.1, 0.15) is 43.3 Å². The molecule has 2 heterocycles. The fourth-order valence-electron chi connectivity index (χ4n) is 5.75. The fourth-order valence-corrected chi connectivity index (χ4v) is 5.75. The first-order chi connectivity index (χ1) is 19.2. The molecule has 208 valence electrons. The highest BCUT2D eigenvalue weighted by Crippen LogP contribution is 2.55. The van der Waals surface area contributed by atoms with Crippen molar-refractivity contribution in [2.75, 3.05) is 27.9 Å². The topological polar surface area (TPSA) is 132 Å². The summed E-state index contributed by atoms with van der Waals surface area (Å²) < 4.78 is 17.0. The SMILES string of the molecule is COc1ccc([C@]2([C@H](c3ccccc3)[C@@H](C(=O)N(C)OC)[C@@H](O)CO)Cc3c(ccc4c3C(=O)OC4=O)O2)cc1. The van der Waals surface area contributed by atoms with Crippen molar-refractivity contribution in [1.82, 2.24) is 5.06 Å². The zero-order chi connectivity index (χ0) is 28.6. The zero-order valence-electron chi connectivity index (χ0n) is 22.2. The van der Waals surface area contributed by atoms with Crippen LogP contribution in [0.25, 0.3) is 0 Å². The van der Waals surface area contributed by atoms with E-state index in [4.69, 9.17) is 19.0 Å². The number of methoxy groups -OCH3 is 1. The second-order valence-electron chi connectivity index (χ2n) is 9.72. The van der Waals surface area contributed by atoms with Crippen molar-refractivity contribution >= 4 is 17.8 Å². The molecule has 4 atom stereocenters. The summed E-state index contributed by atoms with van der Waals surface area (Å²) >= 11 is 0. The van der Waals surface area contributed by atoms with Gasteiger partial charge in [0.1, 0.15) is 17.1 Å². The van der Waals surface area contributed by atoms with Gasteiger partial charge in [-0.2, -0.15) is 0 Å². The lowest BCUT2D eigenvalue weighted by molar-refractivity contribution is -0.182. The van der Waals surface area contributed by atoms with Crippen LogP contribution in [-0.4, -0.2) is 67.1 Å². The van der Waals surface area contributed by atoms with Crippen LogP contribution in [0.15, 0.2) is 66.7 Å². The molecular formula is C30H29NO9. The summed E-state index contributed by atoms with van der Waals surface area (Å²) in [4.78, 5) is 44.1. The molecule has 10 nitrogen and oxygen atoms in total. The van der Waals surface area contributed by atoms with Crippen LogP contribution < -0.4 is 9.47 Å². The molecule has 0 aliphatic carbocycles. The highest BCUT2D eigenvalue weighted by molar-refractivity contribution is 6.16. The molecule has 1 amide bonds. The van der Waals surface area contributed by atoms with Gasteiger partial charge in [0.15, 0.2) is 0 Å². The second kappa shape index (κ2) is 10.7. The van der Waals surface area contributed by atoms with Crippen LogP contribution in [0.3, 0.4) is 0 Å². The first-order valence-electron chi connectivity index (χ1n) is 12.7. The standard InChI is InChI=1S/C30H29NO9/c1-31(38-3)27(34)25(22(33)16-32)26(17-7-5-4-6-8-17)30(18-9-11-19(37-2)12-10-18)15-21-23(40-30)14-13-20-24(21)29(36)39-28(20)35/h4-14,22,25-26,32-33H,15-16H2,1-3H3/t22-,25-,26+,30-/m0/s1. The Morgan fingerprint density at radius 3 is 2.35 bits per heavy atom. The normalized spacial score (nSPS) is 19.6. The summed E-state index contributed by atoms with van der Waals surface area (Å²) in [6, 6.07) is 19.2. The number of ether oxygens (including phenoxy) is 3. The Kier molecular flexibility index (Phi) is 7.33. The van der Waals surface area contributed by atoms with Gasteiger partial charge in [-0.3, -0.25) is 9.63 Å². The Bertz CT molecular complexity index is 1440. The lowest BCUT2D eigenvalue weighted by atomic mass is 9.66. The summed E-state index contributed by atoms with van der Waals surface area (Å²) in [5, 5.41) is 22.3. The van der Waals surface area contributed by atoms with Crippen LogP contribution in [0, 0.1) is 5.92 Å². The Balaban J connectivity index is 1.79. The van der Waals surface area contributed by atoms with E-state index in [9.17, 15) is 24.6 Å². The molecule has 0 bridgehead atoms. The van der Waals surface area contributed by atoms with Gasteiger partial charge in [-0.1, -0.05) is 42.5 Å². The molecule has 0 fully saturated rings. The number of rotatable bonds is 9. The number of amides is 1. The highest BCUT2D eigenvalue weighted by Gasteiger charge is 2.56. The van der Waals surface area contributed by atoms with E-state index in [1.807, 2.05) is 18.2 Å². The minimum Gasteiger partial charge on any atom is -0.497 e. The van der Waals surface area contributed by atoms with E-state index >= 15 is 0 Å². The van der Waals surface area contributed by atoms with Gasteiger partial charge in [0, 0.05) is 24.9 Å². The number of fused-ring (bicyclic) bond motifs is 3. The van der Waals surface area contributed by atoms with Gasteiger partial charge in [0.25, 0.3) is 5.91 Å². The molecular weight excluding hydrogens is 518 g/mol. The number of aliphatic hydroxyl groups excluding tert-OH is 2. The van der Waals surface area contributed by atoms with Gasteiger partial charge in [0.05, 0.1) is 44.0 Å². The van der Waals surface area contributed by atoms with E-state index in [1.165, 1.54) is 27.3 Å². The van der Waals surface area contributed by atoms with Gasteiger partial charge >= 0.3 is 11.9 Å². The molecule has 0 aromatic heterocycles. The maximum absolute atomic E-state index is 13.8. The number of hydrogen-bond acceptors (Lipinski definition) is 9. The van der Waals surface area contributed by atoms with E-state index in [1.54, 1.807) is 42.5 Å². The number of carbonyl (C=O) groups is 3. The van der Waals surface area contributed by atoms with Crippen molar-refractivity contribution in [3.8, 4) is 11.5 Å². The minimum absolute atomic E-state index is 0.0540. The van der Waals surface area contributed by atoms with E-state index in [0.29, 0.717) is 28.2 Å². The van der Waals surface area contributed by atoms with Gasteiger partial charge < -0.3 is 24.4 Å². The van der Waals surface area contributed by atoms with E-state index in [0.717, 1.165) is 5.06 Å². The Morgan fingerprint density at radius 2 is 1.73 bits per heavy atom. The van der Waals surface area contributed by atoms with Crippen molar-refractivity contribution in [3.63, 3.8) is 0 Å². The number of hydrogen-bond donors (Lipinski definition) is 2. The molecule has 3 aromatic rings. The maximum Gasteiger partial charge on any atom is 0.347 e. The average molecular weight is 548 g/mol. The lowest BCUT2D eigenvalue weighted by Gasteiger charge is -2.43. The van der Waals surface area contributed by atoms with Crippen LogP contribution in [0.2, 0.25) is 0 Å². The molecule has 0 spiro atoms. The molecule has 0 saturated carbocycles. The number of carbonyl (C=O) groups excluding carboxylic acids is 3. The third-order valence-electron chi connectivity index (χ3n) is 7.68. The summed E-state index contributed by atoms with van der Waals surface area (Å²) in [6.07, 6.45) is -1.45. The Morgan fingerprint density at radius 1 is 1.02 bits per heavy atom.